The predicted octanol–water partition coefficient (Wildman–Crippen LogP) is 1.06. The number of terminal acetylenes is 1. The zero-order chi connectivity index (χ0) is 9.56. The summed E-state index contributed by atoms with van der Waals surface area (Å²) in [6, 6.07) is 0. The number of hydrogen-bond donors (Lipinski definition) is 1. The van der Waals surface area contributed by atoms with E-state index in [0.717, 1.165) is 11.4 Å². The molecule has 71 valence electrons. The van der Waals surface area contributed by atoms with Crippen molar-refractivity contribution in [1.82, 2.24) is 5.01 Å². The van der Waals surface area contributed by atoms with Crippen molar-refractivity contribution in [2.75, 3.05) is 0 Å². The molecule has 1 rings (SSSR count). The van der Waals surface area contributed by atoms with Gasteiger partial charge in [-0.15, -0.1) is 24.5 Å². The molecular formula is C9H12N3Re-. The Hall–Kier alpha value is -0.868. The van der Waals surface area contributed by atoms with Gasteiger partial charge >= 0.3 is 0 Å². The van der Waals surface area contributed by atoms with Crippen LogP contribution < -0.4 is 5.84 Å². The smallest absolute Gasteiger partial charge is 0.0291 e. The van der Waals surface area contributed by atoms with Gasteiger partial charge in [0, 0.05) is 26.2 Å². The van der Waals surface area contributed by atoms with Crippen molar-refractivity contribution in [2.45, 2.75) is 13.8 Å². The molecule has 0 spiro atoms. The molecule has 0 fully saturated rings. The summed E-state index contributed by atoms with van der Waals surface area (Å²) in [5, 5.41) is 1.38. The Morgan fingerprint density at radius 1 is 1.62 bits per heavy atom. The molecule has 1 heterocycles. The molecule has 0 aliphatic carbocycles. The fourth-order valence-corrected chi connectivity index (χ4v) is 0.715. The predicted molar refractivity (Wildman–Crippen MR) is 50.6 cm³/mol. The summed E-state index contributed by atoms with van der Waals surface area (Å²) >= 11 is 0. The maximum absolute atomic E-state index is 5.50. The van der Waals surface area contributed by atoms with Crippen molar-refractivity contribution in [3.05, 3.63) is 23.7 Å². The number of hydrazine groups is 1. The molecule has 4 heteroatoms. The van der Waals surface area contributed by atoms with Crippen molar-refractivity contribution in [3.63, 3.8) is 0 Å². The maximum Gasteiger partial charge on any atom is 0.0291 e. The Labute approximate surface area is 93.0 Å². The molecule has 0 amide bonds. The van der Waals surface area contributed by atoms with Gasteiger partial charge in [0.15, 0.2) is 0 Å². The van der Waals surface area contributed by atoms with Crippen LogP contribution in [0.5, 0.6) is 0 Å². The molecule has 0 bridgehead atoms. The monoisotopic (exact) mass is 349 g/mol. The van der Waals surface area contributed by atoms with Gasteiger partial charge < -0.3 is 10.0 Å². The Morgan fingerprint density at radius 2 is 2.15 bits per heavy atom. The fraction of sp³-hybridized carbons (Fsp3) is 0.222. The molecule has 1 aliphatic heterocycles. The van der Waals surface area contributed by atoms with Gasteiger partial charge in [-0.3, -0.25) is 5.84 Å². The first kappa shape index (κ1) is 14.6. The van der Waals surface area contributed by atoms with Crippen molar-refractivity contribution in [3.8, 4) is 12.8 Å². The van der Waals surface area contributed by atoms with Crippen LogP contribution in [0.25, 0.3) is 0 Å². The van der Waals surface area contributed by atoms with Gasteiger partial charge in [-0.1, -0.05) is 26.3 Å². The van der Waals surface area contributed by atoms with Gasteiger partial charge in [-0.25, -0.2) is 0 Å². The van der Waals surface area contributed by atoms with E-state index in [2.05, 4.69) is 24.0 Å². The maximum atomic E-state index is 5.50. The quantitative estimate of drug-likeness (QED) is 0.404. The molecule has 0 aromatic rings. The van der Waals surface area contributed by atoms with E-state index in [1.54, 1.807) is 6.21 Å². The number of hydrogen-bond acceptors (Lipinski definition) is 3. The minimum absolute atomic E-state index is 0. The Morgan fingerprint density at radius 3 is 2.54 bits per heavy atom. The Kier molecular flexibility index (Phi) is 8.75. The van der Waals surface area contributed by atoms with Crippen LogP contribution in [0, 0.1) is 19.0 Å². The fourth-order valence-electron chi connectivity index (χ4n) is 0.715. The van der Waals surface area contributed by atoms with Gasteiger partial charge in [0.2, 0.25) is 0 Å². The van der Waals surface area contributed by atoms with E-state index in [1.165, 1.54) is 5.01 Å². The third kappa shape index (κ3) is 4.65. The molecular weight excluding hydrogens is 336 g/mol. The number of aliphatic imine (C=N–C) groups is 1. The first-order chi connectivity index (χ1) is 5.74. The van der Waals surface area contributed by atoms with E-state index in [-0.39, 0.29) is 20.4 Å². The first-order valence-corrected chi connectivity index (χ1v) is 3.43. The summed E-state index contributed by atoms with van der Waals surface area (Å²) in [5.41, 5.74) is 0.938. The summed E-state index contributed by atoms with van der Waals surface area (Å²) in [6.45, 7) is 3.78. The summed E-state index contributed by atoms with van der Waals surface area (Å²) in [4.78, 5) is 4.05. The van der Waals surface area contributed by atoms with Crippen molar-refractivity contribution in [1.29, 1.82) is 0 Å². The molecule has 0 aromatic heterocycles. The van der Waals surface area contributed by atoms with Crippen LogP contribution in [0.4, 0.5) is 0 Å². The van der Waals surface area contributed by atoms with Crippen molar-refractivity contribution in [2.24, 2.45) is 10.8 Å². The minimum atomic E-state index is 0. The largest absolute Gasteiger partial charge is 0.379 e. The van der Waals surface area contributed by atoms with Crippen LogP contribution in [0.1, 0.15) is 13.8 Å². The van der Waals surface area contributed by atoms with Gasteiger partial charge in [0.25, 0.3) is 0 Å². The molecule has 2 N–H and O–H groups in total. The van der Waals surface area contributed by atoms with Crippen LogP contribution in [0.3, 0.4) is 0 Å². The van der Waals surface area contributed by atoms with Crippen molar-refractivity contribution >= 4 is 6.21 Å². The second kappa shape index (κ2) is 7.76. The molecule has 3 nitrogen and oxygen atoms in total. The second-order valence-electron chi connectivity index (χ2n) is 2.07. The summed E-state index contributed by atoms with van der Waals surface area (Å²) in [6.07, 6.45) is 14.5. The van der Waals surface area contributed by atoms with E-state index in [0.29, 0.717) is 0 Å². The summed E-state index contributed by atoms with van der Waals surface area (Å²) in [7, 11) is 0. The normalized spacial score (nSPS) is 16.8. The van der Waals surface area contributed by atoms with E-state index in [4.69, 9.17) is 5.84 Å². The molecule has 0 aromatic carbocycles. The number of nitrogens with zero attached hydrogens (tertiary/aromatic N) is 2. The number of rotatable bonds is 0. The number of nitrogens with two attached hydrogens (primary N) is 1. The topological polar surface area (TPSA) is 41.6 Å². The van der Waals surface area contributed by atoms with Gasteiger partial charge in [-0.05, 0) is 0 Å². The third-order valence-electron chi connectivity index (χ3n) is 1.19. The van der Waals surface area contributed by atoms with Crippen molar-refractivity contribution < 1.29 is 20.4 Å². The molecule has 1 aliphatic rings. The second-order valence-corrected chi connectivity index (χ2v) is 2.07. The van der Waals surface area contributed by atoms with Crippen LogP contribution >= 0.6 is 0 Å². The average Bonchev–Trinajstić information content (AvgIpc) is 2.08. The molecule has 0 unspecified atom stereocenters. The van der Waals surface area contributed by atoms with E-state index >= 15 is 0 Å². The molecule has 0 saturated carbocycles. The van der Waals surface area contributed by atoms with Gasteiger partial charge in [0.05, 0.1) is 0 Å². The van der Waals surface area contributed by atoms with Gasteiger partial charge in [-0.2, -0.15) is 0 Å². The Bertz CT molecular complexity index is 251. The van der Waals surface area contributed by atoms with Crippen LogP contribution in [-0.4, -0.2) is 11.2 Å². The molecule has 1 radical (unpaired) electrons. The average molecular weight is 348 g/mol. The zero-order valence-corrected chi connectivity index (χ0v) is 10.4. The third-order valence-corrected chi connectivity index (χ3v) is 1.19. The van der Waals surface area contributed by atoms with E-state index in [9.17, 15) is 0 Å². The van der Waals surface area contributed by atoms with Crippen LogP contribution in [-0.2, 0) is 20.4 Å². The van der Waals surface area contributed by atoms with Crippen LogP contribution in [0.2, 0.25) is 0 Å². The zero-order valence-electron chi connectivity index (χ0n) is 7.66. The Balaban J connectivity index is 0. The molecule has 13 heavy (non-hydrogen) atoms. The van der Waals surface area contributed by atoms with Crippen LogP contribution in [0.15, 0.2) is 22.5 Å². The number of allylic oxidation sites excluding steroid dienone is 2. The molecule has 0 atom stereocenters. The first-order valence-electron chi connectivity index (χ1n) is 3.43. The minimum Gasteiger partial charge on any atom is -0.379 e. The van der Waals surface area contributed by atoms with E-state index in [1.807, 2.05) is 19.9 Å². The van der Waals surface area contributed by atoms with Gasteiger partial charge in [0.1, 0.15) is 0 Å². The molecule has 0 saturated heterocycles. The summed E-state index contributed by atoms with van der Waals surface area (Å²) < 4.78 is 0. The van der Waals surface area contributed by atoms with E-state index < -0.39 is 0 Å². The summed E-state index contributed by atoms with van der Waals surface area (Å²) in [5.74, 6) is 6.23. The standard InChI is InChI=1S/C7H10N3.C2H2.Re/c1-3-7-9-4-6(2)5-10(7)8;1-2;/h3-4H,8H2,1-2H3;1-2H;/q-1;;/b7-3-;;. The SMILES string of the molecule is C#C.C/C=C1/N=CC(C)=[C-]N1N.[Re].